The number of carbonyl (C=O) groups is 1. The minimum atomic E-state index is 0.0147. The molecule has 3 rings (SSSR count). The van der Waals surface area contributed by atoms with Crippen molar-refractivity contribution in [3.63, 3.8) is 0 Å². The van der Waals surface area contributed by atoms with Gasteiger partial charge in [-0.1, -0.05) is 60.4 Å². The standard InChI is InChI=1S/C23H18O2/c24-23(20-12-5-2-6-13-20)21-14-16-22(17-15-21)25-18-8-7-11-19-9-3-1-4-10-19/h1-6,9-10,12-17H,8,18H2. The van der Waals surface area contributed by atoms with Gasteiger partial charge in [-0.2, -0.15) is 0 Å². The molecule has 0 fully saturated rings. The van der Waals surface area contributed by atoms with Crippen LogP contribution >= 0.6 is 0 Å². The average molecular weight is 326 g/mol. The summed E-state index contributed by atoms with van der Waals surface area (Å²) in [6.07, 6.45) is 0.652. The third kappa shape index (κ3) is 4.83. The first-order chi connectivity index (χ1) is 12.3. The van der Waals surface area contributed by atoms with Crippen LogP contribution in [0, 0.1) is 11.8 Å². The third-order valence-corrected chi connectivity index (χ3v) is 3.65. The van der Waals surface area contributed by atoms with Crippen LogP contribution in [0.4, 0.5) is 0 Å². The monoisotopic (exact) mass is 326 g/mol. The van der Waals surface area contributed by atoms with Crippen LogP contribution in [0.1, 0.15) is 27.9 Å². The molecule has 0 heterocycles. The lowest BCUT2D eigenvalue weighted by Gasteiger charge is -2.05. The second-order valence-electron chi connectivity index (χ2n) is 5.49. The fourth-order valence-electron chi connectivity index (χ4n) is 2.36. The van der Waals surface area contributed by atoms with E-state index in [1.165, 1.54) is 0 Å². The van der Waals surface area contributed by atoms with Crippen molar-refractivity contribution in [3.8, 4) is 17.6 Å². The van der Waals surface area contributed by atoms with Crippen molar-refractivity contribution in [1.82, 2.24) is 0 Å². The first-order valence-electron chi connectivity index (χ1n) is 8.19. The molecule has 0 spiro atoms. The zero-order valence-electron chi connectivity index (χ0n) is 13.8. The van der Waals surface area contributed by atoms with Crippen molar-refractivity contribution in [2.24, 2.45) is 0 Å². The van der Waals surface area contributed by atoms with Crippen LogP contribution in [-0.4, -0.2) is 12.4 Å². The van der Waals surface area contributed by atoms with Gasteiger partial charge in [0, 0.05) is 23.1 Å². The molecule has 0 saturated heterocycles. The highest BCUT2D eigenvalue weighted by Gasteiger charge is 2.08. The lowest BCUT2D eigenvalue weighted by molar-refractivity contribution is 0.103. The van der Waals surface area contributed by atoms with Gasteiger partial charge in [0.25, 0.3) is 0 Å². The summed E-state index contributed by atoms with van der Waals surface area (Å²) in [5.41, 5.74) is 2.35. The van der Waals surface area contributed by atoms with Gasteiger partial charge in [0.1, 0.15) is 5.75 Å². The van der Waals surface area contributed by atoms with Gasteiger partial charge in [-0.05, 0) is 36.4 Å². The molecule has 3 aromatic rings. The van der Waals surface area contributed by atoms with E-state index in [-0.39, 0.29) is 5.78 Å². The number of rotatable bonds is 5. The quantitative estimate of drug-likeness (QED) is 0.385. The Morgan fingerprint density at radius 2 is 1.36 bits per heavy atom. The molecule has 0 amide bonds. The van der Waals surface area contributed by atoms with Crippen LogP contribution in [0.5, 0.6) is 5.75 Å². The number of ether oxygens (including phenoxy) is 1. The molecule has 3 aromatic carbocycles. The van der Waals surface area contributed by atoms with E-state index in [1.54, 1.807) is 12.1 Å². The molecule has 0 saturated carbocycles. The highest BCUT2D eigenvalue weighted by Crippen LogP contribution is 2.15. The Hall–Kier alpha value is -3.31. The molecule has 0 bridgehead atoms. The summed E-state index contributed by atoms with van der Waals surface area (Å²) < 4.78 is 5.67. The maximum atomic E-state index is 12.3. The molecule has 0 unspecified atom stereocenters. The Labute approximate surface area is 148 Å². The van der Waals surface area contributed by atoms with Gasteiger partial charge in [0.15, 0.2) is 5.78 Å². The summed E-state index contributed by atoms with van der Waals surface area (Å²) in [6.45, 7) is 0.520. The van der Waals surface area contributed by atoms with E-state index in [2.05, 4.69) is 11.8 Å². The number of ketones is 1. The van der Waals surface area contributed by atoms with E-state index in [4.69, 9.17) is 4.74 Å². The fraction of sp³-hybridized carbons (Fsp3) is 0.0870. The summed E-state index contributed by atoms with van der Waals surface area (Å²) in [5, 5.41) is 0. The van der Waals surface area contributed by atoms with Crippen molar-refractivity contribution in [2.45, 2.75) is 6.42 Å². The lowest BCUT2D eigenvalue weighted by atomic mass is 10.0. The lowest BCUT2D eigenvalue weighted by Crippen LogP contribution is -2.01. The molecule has 122 valence electrons. The molecule has 25 heavy (non-hydrogen) atoms. The molecule has 2 nitrogen and oxygen atoms in total. The van der Waals surface area contributed by atoms with Crippen molar-refractivity contribution in [1.29, 1.82) is 0 Å². The SMILES string of the molecule is O=C(c1ccccc1)c1ccc(OCCC#Cc2ccccc2)cc1. The Balaban J connectivity index is 1.51. The van der Waals surface area contributed by atoms with Crippen molar-refractivity contribution in [3.05, 3.63) is 102 Å². The van der Waals surface area contributed by atoms with Gasteiger partial charge in [-0.15, -0.1) is 0 Å². The van der Waals surface area contributed by atoms with E-state index < -0.39 is 0 Å². The summed E-state index contributed by atoms with van der Waals surface area (Å²) in [7, 11) is 0. The Morgan fingerprint density at radius 3 is 2.04 bits per heavy atom. The predicted molar refractivity (Wildman–Crippen MR) is 99.7 cm³/mol. The summed E-state index contributed by atoms with van der Waals surface area (Å²) in [5.74, 6) is 6.95. The second-order valence-corrected chi connectivity index (χ2v) is 5.49. The van der Waals surface area contributed by atoms with Gasteiger partial charge in [0.05, 0.1) is 6.61 Å². The Bertz CT molecular complexity index is 870. The zero-order chi connectivity index (χ0) is 17.3. The van der Waals surface area contributed by atoms with E-state index >= 15 is 0 Å². The second kappa shape index (κ2) is 8.52. The smallest absolute Gasteiger partial charge is 0.193 e. The van der Waals surface area contributed by atoms with Crippen molar-refractivity contribution < 1.29 is 9.53 Å². The highest BCUT2D eigenvalue weighted by molar-refractivity contribution is 6.08. The Morgan fingerprint density at radius 1 is 0.760 bits per heavy atom. The van der Waals surface area contributed by atoms with Crippen molar-refractivity contribution in [2.75, 3.05) is 6.61 Å². The van der Waals surface area contributed by atoms with Gasteiger partial charge in [-0.3, -0.25) is 4.79 Å². The van der Waals surface area contributed by atoms with Crippen molar-refractivity contribution >= 4 is 5.78 Å². The maximum Gasteiger partial charge on any atom is 0.193 e. The minimum Gasteiger partial charge on any atom is -0.493 e. The van der Waals surface area contributed by atoms with Gasteiger partial charge in [-0.25, -0.2) is 0 Å². The van der Waals surface area contributed by atoms with Crippen LogP contribution in [0.15, 0.2) is 84.9 Å². The summed E-state index contributed by atoms with van der Waals surface area (Å²) in [4.78, 5) is 12.3. The van der Waals surface area contributed by atoms with E-state index in [0.717, 1.165) is 11.3 Å². The molecular formula is C23H18O2. The average Bonchev–Trinajstić information content (AvgIpc) is 2.69. The topological polar surface area (TPSA) is 26.3 Å². The first-order valence-corrected chi connectivity index (χ1v) is 8.19. The molecule has 0 aromatic heterocycles. The Kier molecular flexibility index (Phi) is 5.64. The van der Waals surface area contributed by atoms with E-state index in [1.807, 2.05) is 72.8 Å². The highest BCUT2D eigenvalue weighted by atomic mass is 16.5. The van der Waals surface area contributed by atoms with Gasteiger partial charge < -0.3 is 4.74 Å². The molecule has 0 N–H and O–H groups in total. The van der Waals surface area contributed by atoms with Crippen LogP contribution in [0.2, 0.25) is 0 Å². The minimum absolute atomic E-state index is 0.0147. The molecule has 0 atom stereocenters. The van der Waals surface area contributed by atoms with Gasteiger partial charge in [0.2, 0.25) is 0 Å². The number of hydrogen-bond acceptors (Lipinski definition) is 2. The van der Waals surface area contributed by atoms with Crippen LogP contribution in [0.3, 0.4) is 0 Å². The number of hydrogen-bond donors (Lipinski definition) is 0. The molecule has 0 radical (unpaired) electrons. The first kappa shape index (κ1) is 16.5. The van der Waals surface area contributed by atoms with Gasteiger partial charge >= 0.3 is 0 Å². The molecule has 2 heteroatoms. The molecular weight excluding hydrogens is 308 g/mol. The maximum absolute atomic E-state index is 12.3. The van der Waals surface area contributed by atoms with Crippen LogP contribution in [0.25, 0.3) is 0 Å². The van der Waals surface area contributed by atoms with Crippen LogP contribution in [-0.2, 0) is 0 Å². The largest absolute Gasteiger partial charge is 0.493 e. The predicted octanol–water partition coefficient (Wildman–Crippen LogP) is 4.74. The molecule has 0 aliphatic carbocycles. The molecule has 0 aliphatic rings. The number of benzene rings is 3. The zero-order valence-corrected chi connectivity index (χ0v) is 13.8. The van der Waals surface area contributed by atoms with E-state index in [0.29, 0.717) is 24.2 Å². The van der Waals surface area contributed by atoms with E-state index in [9.17, 15) is 4.79 Å². The normalized spacial score (nSPS) is 9.76. The third-order valence-electron chi connectivity index (χ3n) is 3.65. The summed E-state index contributed by atoms with van der Waals surface area (Å²) in [6, 6.07) is 26.4. The molecule has 0 aliphatic heterocycles. The number of carbonyl (C=O) groups excluding carboxylic acids is 1. The summed E-state index contributed by atoms with van der Waals surface area (Å²) >= 11 is 0. The van der Waals surface area contributed by atoms with Crippen LogP contribution < -0.4 is 4.74 Å². The fourth-order valence-corrected chi connectivity index (χ4v) is 2.36.